The zero-order chi connectivity index (χ0) is 16.2. The van der Waals surface area contributed by atoms with Gasteiger partial charge in [0.2, 0.25) is 0 Å². The van der Waals surface area contributed by atoms with E-state index in [0.29, 0.717) is 16.4 Å². The normalized spacial score (nSPS) is 11.9. The van der Waals surface area contributed by atoms with Crippen LogP contribution in [0.15, 0.2) is 65.8 Å². The smallest absolute Gasteiger partial charge is 0.186 e. The highest BCUT2D eigenvalue weighted by Crippen LogP contribution is 2.22. The van der Waals surface area contributed by atoms with Gasteiger partial charge in [0.1, 0.15) is 12.1 Å². The zero-order valence-corrected chi connectivity index (χ0v) is 12.8. The fourth-order valence-corrected chi connectivity index (χ4v) is 2.41. The standard InChI is InChI=1S/C16H14N4O2S/c17-12-3-1-11(2-4-12)15-9-16(19-10-18-15)20-13-5-7-14(8-6-13)23(21)22/h1-10H,17H2,(H,21,22)(H,18,19,20). The molecule has 7 heteroatoms. The number of nitrogens with two attached hydrogens (primary N) is 1. The summed E-state index contributed by atoms with van der Waals surface area (Å²) in [7, 11) is 0. The van der Waals surface area contributed by atoms with Gasteiger partial charge in [-0.3, -0.25) is 0 Å². The quantitative estimate of drug-likeness (QED) is 0.503. The van der Waals surface area contributed by atoms with Crippen LogP contribution in [0, 0.1) is 0 Å². The van der Waals surface area contributed by atoms with Crippen molar-refractivity contribution in [2.75, 3.05) is 11.1 Å². The number of nitrogens with zero attached hydrogens (tertiary/aromatic N) is 2. The number of hydrogen-bond donors (Lipinski definition) is 3. The van der Waals surface area contributed by atoms with Crippen LogP contribution in [0.25, 0.3) is 11.3 Å². The Morgan fingerprint density at radius 2 is 1.70 bits per heavy atom. The molecule has 0 radical (unpaired) electrons. The van der Waals surface area contributed by atoms with E-state index in [1.807, 2.05) is 30.3 Å². The molecular weight excluding hydrogens is 312 g/mol. The van der Waals surface area contributed by atoms with Crippen molar-refractivity contribution in [3.05, 3.63) is 60.9 Å². The van der Waals surface area contributed by atoms with E-state index in [2.05, 4.69) is 15.3 Å². The van der Waals surface area contributed by atoms with Gasteiger partial charge in [-0.2, -0.15) is 0 Å². The van der Waals surface area contributed by atoms with E-state index < -0.39 is 11.1 Å². The van der Waals surface area contributed by atoms with Crippen LogP contribution in [-0.2, 0) is 11.1 Å². The van der Waals surface area contributed by atoms with E-state index in [4.69, 9.17) is 10.3 Å². The molecule has 1 aromatic heterocycles. The largest absolute Gasteiger partial charge is 0.399 e. The number of nitrogens with one attached hydrogen (secondary N) is 1. The lowest BCUT2D eigenvalue weighted by molar-refractivity contribution is 0.564. The minimum absolute atomic E-state index is 0.348. The van der Waals surface area contributed by atoms with Crippen LogP contribution in [-0.4, -0.2) is 18.7 Å². The molecule has 0 saturated carbocycles. The molecule has 4 N–H and O–H groups in total. The van der Waals surface area contributed by atoms with E-state index in [-0.39, 0.29) is 0 Å². The first-order chi connectivity index (χ1) is 11.1. The highest BCUT2D eigenvalue weighted by molar-refractivity contribution is 7.79. The van der Waals surface area contributed by atoms with Gasteiger partial charge < -0.3 is 15.6 Å². The molecule has 0 saturated heterocycles. The second-order valence-corrected chi connectivity index (χ2v) is 5.78. The van der Waals surface area contributed by atoms with Crippen LogP contribution >= 0.6 is 0 Å². The van der Waals surface area contributed by atoms with Crippen LogP contribution in [0.5, 0.6) is 0 Å². The maximum Gasteiger partial charge on any atom is 0.186 e. The van der Waals surface area contributed by atoms with Crippen molar-refractivity contribution in [1.82, 2.24) is 9.97 Å². The van der Waals surface area contributed by atoms with Crippen molar-refractivity contribution in [2.45, 2.75) is 4.90 Å². The Hall–Kier alpha value is -2.77. The lowest BCUT2D eigenvalue weighted by Gasteiger charge is -2.07. The van der Waals surface area contributed by atoms with Gasteiger partial charge in [-0.05, 0) is 36.4 Å². The summed E-state index contributed by atoms with van der Waals surface area (Å²) in [6, 6.07) is 15.9. The summed E-state index contributed by atoms with van der Waals surface area (Å²) < 4.78 is 20.0. The molecule has 1 atom stereocenters. The SMILES string of the molecule is Nc1ccc(-c2cc(Nc3ccc(S(=O)O)cc3)ncn2)cc1. The van der Waals surface area contributed by atoms with Crippen LogP contribution < -0.4 is 11.1 Å². The van der Waals surface area contributed by atoms with E-state index in [1.165, 1.54) is 6.33 Å². The second kappa shape index (κ2) is 6.55. The lowest BCUT2D eigenvalue weighted by atomic mass is 10.1. The lowest BCUT2D eigenvalue weighted by Crippen LogP contribution is -1.96. The third kappa shape index (κ3) is 3.71. The van der Waals surface area contributed by atoms with Crippen molar-refractivity contribution in [3.8, 4) is 11.3 Å². The third-order valence-corrected chi connectivity index (χ3v) is 3.88. The first-order valence-corrected chi connectivity index (χ1v) is 7.88. The van der Waals surface area contributed by atoms with Crippen LogP contribution in [0.2, 0.25) is 0 Å². The van der Waals surface area contributed by atoms with Gasteiger partial charge in [0.15, 0.2) is 11.1 Å². The Kier molecular flexibility index (Phi) is 4.31. The zero-order valence-electron chi connectivity index (χ0n) is 12.0. The van der Waals surface area contributed by atoms with Gasteiger partial charge in [-0.25, -0.2) is 14.2 Å². The van der Waals surface area contributed by atoms with E-state index in [1.54, 1.807) is 24.3 Å². The molecule has 23 heavy (non-hydrogen) atoms. The molecule has 1 unspecified atom stereocenters. The van der Waals surface area contributed by atoms with Crippen molar-refractivity contribution < 1.29 is 8.76 Å². The molecular formula is C16H14N4O2S. The molecule has 3 aromatic rings. The van der Waals surface area contributed by atoms with Gasteiger partial charge >= 0.3 is 0 Å². The molecule has 0 spiro atoms. The maximum absolute atomic E-state index is 11.0. The minimum Gasteiger partial charge on any atom is -0.399 e. The van der Waals surface area contributed by atoms with Crippen LogP contribution in [0.4, 0.5) is 17.2 Å². The van der Waals surface area contributed by atoms with Gasteiger partial charge in [0.05, 0.1) is 10.6 Å². The monoisotopic (exact) mass is 326 g/mol. The van der Waals surface area contributed by atoms with E-state index >= 15 is 0 Å². The fourth-order valence-electron chi connectivity index (χ4n) is 2.04. The number of nitrogen functional groups attached to an aromatic ring is 1. The van der Waals surface area contributed by atoms with E-state index in [9.17, 15) is 4.21 Å². The molecule has 116 valence electrons. The summed E-state index contributed by atoms with van der Waals surface area (Å²) in [6.45, 7) is 0. The molecule has 3 rings (SSSR count). The van der Waals surface area contributed by atoms with Gasteiger partial charge in [-0.1, -0.05) is 12.1 Å². The van der Waals surface area contributed by atoms with Gasteiger partial charge in [0, 0.05) is 23.0 Å². The Bertz CT molecular complexity index is 835. The molecule has 0 aliphatic heterocycles. The van der Waals surface area contributed by atoms with Gasteiger partial charge in [0.25, 0.3) is 0 Å². The summed E-state index contributed by atoms with van der Waals surface area (Å²) in [4.78, 5) is 8.78. The van der Waals surface area contributed by atoms with E-state index in [0.717, 1.165) is 16.9 Å². The first kappa shape index (κ1) is 15.1. The summed E-state index contributed by atoms with van der Waals surface area (Å²) in [5.41, 5.74) is 8.86. The number of benzene rings is 2. The van der Waals surface area contributed by atoms with Crippen LogP contribution in [0.3, 0.4) is 0 Å². The van der Waals surface area contributed by atoms with Crippen molar-refractivity contribution in [2.24, 2.45) is 0 Å². The highest BCUT2D eigenvalue weighted by Gasteiger charge is 2.04. The predicted molar refractivity (Wildman–Crippen MR) is 90.6 cm³/mol. The number of aromatic nitrogens is 2. The number of hydrogen-bond acceptors (Lipinski definition) is 5. The van der Waals surface area contributed by atoms with Crippen molar-refractivity contribution in [1.29, 1.82) is 0 Å². The summed E-state index contributed by atoms with van der Waals surface area (Å²) in [5.74, 6) is 0.629. The summed E-state index contributed by atoms with van der Waals surface area (Å²) >= 11 is -1.98. The average molecular weight is 326 g/mol. The van der Waals surface area contributed by atoms with Gasteiger partial charge in [-0.15, -0.1) is 0 Å². The molecule has 0 aliphatic rings. The molecule has 6 nitrogen and oxygen atoms in total. The molecule has 1 heterocycles. The molecule has 0 aliphatic carbocycles. The minimum atomic E-state index is -1.98. The van der Waals surface area contributed by atoms with Crippen molar-refractivity contribution >= 4 is 28.3 Å². The molecule has 2 aromatic carbocycles. The number of anilines is 3. The fraction of sp³-hybridized carbons (Fsp3) is 0. The average Bonchev–Trinajstić information content (AvgIpc) is 2.56. The molecule has 0 fully saturated rings. The second-order valence-electron chi connectivity index (χ2n) is 4.81. The Balaban J connectivity index is 1.82. The molecule has 0 amide bonds. The number of rotatable bonds is 4. The Morgan fingerprint density at radius 3 is 2.35 bits per heavy atom. The molecule has 0 bridgehead atoms. The van der Waals surface area contributed by atoms with Crippen molar-refractivity contribution in [3.63, 3.8) is 0 Å². The summed E-state index contributed by atoms with van der Waals surface area (Å²) in [5, 5.41) is 3.14. The maximum atomic E-state index is 11.0. The highest BCUT2D eigenvalue weighted by atomic mass is 32.2. The Morgan fingerprint density at radius 1 is 1.00 bits per heavy atom. The Labute approximate surface area is 135 Å². The predicted octanol–water partition coefficient (Wildman–Crippen LogP) is 3.05. The van der Waals surface area contributed by atoms with Crippen LogP contribution in [0.1, 0.15) is 0 Å². The first-order valence-electron chi connectivity index (χ1n) is 6.78. The topological polar surface area (TPSA) is 101 Å². The third-order valence-electron chi connectivity index (χ3n) is 3.20. The summed E-state index contributed by atoms with van der Waals surface area (Å²) in [6.07, 6.45) is 1.48.